The Balaban J connectivity index is 3.04. The number of aliphatic hydroxyl groups is 1. The fourth-order valence-electron chi connectivity index (χ4n) is 1.08. The van der Waals surface area contributed by atoms with Crippen LogP contribution in [0.2, 0.25) is 0 Å². The van der Waals surface area contributed by atoms with E-state index in [1.165, 1.54) is 19.3 Å². The van der Waals surface area contributed by atoms with Crippen molar-refractivity contribution in [2.45, 2.75) is 13.0 Å². The third kappa shape index (κ3) is 1.85. The van der Waals surface area contributed by atoms with E-state index >= 15 is 0 Å². The molecule has 1 aromatic heterocycles. The highest BCUT2D eigenvalue weighted by molar-refractivity contribution is 5.90. The summed E-state index contributed by atoms with van der Waals surface area (Å²) in [5.74, 6) is 0.236. The quantitative estimate of drug-likeness (QED) is 0.589. The molecule has 0 bridgehead atoms. The highest BCUT2D eigenvalue weighted by Gasteiger charge is 2.17. The Morgan fingerprint density at radius 2 is 2.43 bits per heavy atom. The number of hydrogen-bond acceptors (Lipinski definition) is 4. The Labute approximate surface area is 81.8 Å². The maximum absolute atomic E-state index is 11.2. The van der Waals surface area contributed by atoms with Gasteiger partial charge in [0.25, 0.3) is 0 Å². The van der Waals surface area contributed by atoms with E-state index in [2.05, 4.69) is 11.3 Å². The third-order valence-corrected chi connectivity index (χ3v) is 1.86. The molecule has 0 fully saturated rings. The van der Waals surface area contributed by atoms with E-state index in [0.717, 1.165) is 0 Å². The largest absolute Gasteiger partial charge is 0.465 e. The van der Waals surface area contributed by atoms with Crippen molar-refractivity contribution >= 4 is 5.97 Å². The topological polar surface area (TPSA) is 59.7 Å². The van der Waals surface area contributed by atoms with E-state index in [0.29, 0.717) is 11.3 Å². The summed E-state index contributed by atoms with van der Waals surface area (Å²) < 4.78 is 9.71. The van der Waals surface area contributed by atoms with Crippen molar-refractivity contribution in [2.24, 2.45) is 0 Å². The average molecular weight is 196 g/mol. The molecule has 0 aliphatic carbocycles. The lowest BCUT2D eigenvalue weighted by Gasteiger charge is -1.97. The van der Waals surface area contributed by atoms with Crippen LogP contribution in [0, 0.1) is 6.92 Å². The van der Waals surface area contributed by atoms with Gasteiger partial charge in [0, 0.05) is 0 Å². The fraction of sp³-hybridized carbons (Fsp3) is 0.300. The minimum Gasteiger partial charge on any atom is -0.465 e. The number of furan rings is 1. The summed E-state index contributed by atoms with van der Waals surface area (Å²) in [6.07, 6.45) is 0.423. The Hall–Kier alpha value is -1.55. The van der Waals surface area contributed by atoms with Crippen molar-refractivity contribution in [3.8, 4) is 0 Å². The molecule has 4 nitrogen and oxygen atoms in total. The van der Waals surface area contributed by atoms with Crippen LogP contribution in [0.25, 0.3) is 0 Å². The molecule has 4 heteroatoms. The first-order chi connectivity index (χ1) is 6.60. The van der Waals surface area contributed by atoms with Gasteiger partial charge in [0.2, 0.25) is 0 Å². The van der Waals surface area contributed by atoms with E-state index in [1.807, 2.05) is 0 Å². The molecule has 1 heterocycles. The Morgan fingerprint density at radius 1 is 1.79 bits per heavy atom. The molecule has 14 heavy (non-hydrogen) atoms. The molecule has 0 amide bonds. The van der Waals surface area contributed by atoms with Crippen LogP contribution in [0.1, 0.15) is 28.0 Å². The van der Waals surface area contributed by atoms with Crippen molar-refractivity contribution in [2.75, 3.05) is 7.11 Å². The highest BCUT2D eigenvalue weighted by Crippen LogP contribution is 2.21. The van der Waals surface area contributed by atoms with E-state index in [1.54, 1.807) is 6.92 Å². The molecule has 0 saturated carbocycles. The monoisotopic (exact) mass is 196 g/mol. The van der Waals surface area contributed by atoms with Gasteiger partial charge in [-0.15, -0.1) is 6.58 Å². The van der Waals surface area contributed by atoms with Crippen LogP contribution in [0.5, 0.6) is 0 Å². The van der Waals surface area contributed by atoms with E-state index in [9.17, 15) is 9.90 Å². The molecular weight excluding hydrogens is 184 g/mol. The number of carbonyl (C=O) groups is 1. The maximum atomic E-state index is 11.2. The molecule has 1 unspecified atom stereocenters. The van der Waals surface area contributed by atoms with Gasteiger partial charge in [0.1, 0.15) is 23.2 Å². The lowest BCUT2D eigenvalue weighted by atomic mass is 10.2. The van der Waals surface area contributed by atoms with Crippen LogP contribution in [0.15, 0.2) is 23.1 Å². The van der Waals surface area contributed by atoms with Crippen LogP contribution >= 0.6 is 0 Å². The predicted molar refractivity (Wildman–Crippen MR) is 49.9 cm³/mol. The maximum Gasteiger partial charge on any atom is 0.341 e. The van der Waals surface area contributed by atoms with Gasteiger partial charge >= 0.3 is 5.97 Å². The van der Waals surface area contributed by atoms with E-state index < -0.39 is 12.1 Å². The van der Waals surface area contributed by atoms with Gasteiger partial charge in [0.15, 0.2) is 0 Å². The molecule has 1 atom stereocenters. The van der Waals surface area contributed by atoms with Gasteiger partial charge in [-0.3, -0.25) is 0 Å². The van der Waals surface area contributed by atoms with Gasteiger partial charge in [-0.05, 0) is 13.0 Å². The molecule has 0 aliphatic rings. The zero-order chi connectivity index (χ0) is 10.7. The Kier molecular flexibility index (Phi) is 3.09. The molecule has 1 rings (SSSR count). The third-order valence-electron chi connectivity index (χ3n) is 1.86. The van der Waals surface area contributed by atoms with E-state index in [4.69, 9.17) is 4.42 Å². The summed E-state index contributed by atoms with van der Waals surface area (Å²) in [7, 11) is 1.29. The molecule has 0 spiro atoms. The summed E-state index contributed by atoms with van der Waals surface area (Å²) in [5.41, 5.74) is 0.323. The SMILES string of the molecule is C=CC(O)c1cc(C(=O)OC)c(C)o1. The predicted octanol–water partition coefficient (Wildman–Crippen LogP) is 1.59. The average Bonchev–Trinajstić information content (AvgIpc) is 2.58. The van der Waals surface area contributed by atoms with Crippen molar-refractivity contribution in [3.05, 3.63) is 35.8 Å². The van der Waals surface area contributed by atoms with Crippen molar-refractivity contribution in [1.29, 1.82) is 0 Å². The Bertz CT molecular complexity index is 351. The first-order valence-electron chi connectivity index (χ1n) is 4.09. The number of hydrogen-bond donors (Lipinski definition) is 1. The molecule has 1 N–H and O–H groups in total. The van der Waals surface area contributed by atoms with Gasteiger partial charge in [0.05, 0.1) is 7.11 Å². The van der Waals surface area contributed by atoms with Crippen molar-refractivity contribution in [1.82, 2.24) is 0 Å². The minimum atomic E-state index is -0.896. The standard InChI is InChI=1S/C10H12O4/c1-4-8(11)9-5-7(6(2)14-9)10(12)13-3/h4-5,8,11H,1H2,2-3H3. The first-order valence-corrected chi connectivity index (χ1v) is 4.09. The number of aryl methyl sites for hydroxylation is 1. The first kappa shape index (κ1) is 10.5. The van der Waals surface area contributed by atoms with Crippen LogP contribution in [0.4, 0.5) is 0 Å². The second-order valence-electron chi connectivity index (χ2n) is 2.79. The Morgan fingerprint density at radius 3 is 2.93 bits per heavy atom. The summed E-state index contributed by atoms with van der Waals surface area (Å²) >= 11 is 0. The summed E-state index contributed by atoms with van der Waals surface area (Å²) in [4.78, 5) is 11.2. The minimum absolute atomic E-state index is 0.290. The smallest absolute Gasteiger partial charge is 0.341 e. The normalized spacial score (nSPS) is 12.2. The molecule has 0 aromatic carbocycles. The zero-order valence-corrected chi connectivity index (χ0v) is 8.11. The lowest BCUT2D eigenvalue weighted by Crippen LogP contribution is -2.00. The summed E-state index contributed by atoms with van der Waals surface area (Å²) in [6.45, 7) is 5.05. The highest BCUT2D eigenvalue weighted by atomic mass is 16.5. The number of aliphatic hydroxyl groups excluding tert-OH is 1. The molecular formula is C10H12O4. The second kappa shape index (κ2) is 4.11. The zero-order valence-electron chi connectivity index (χ0n) is 8.11. The van der Waals surface area contributed by atoms with Crippen molar-refractivity contribution in [3.63, 3.8) is 0 Å². The molecule has 0 saturated heterocycles. The fourth-order valence-corrected chi connectivity index (χ4v) is 1.08. The molecule has 0 aliphatic heterocycles. The lowest BCUT2D eigenvalue weighted by molar-refractivity contribution is 0.0599. The van der Waals surface area contributed by atoms with Gasteiger partial charge < -0.3 is 14.3 Å². The van der Waals surface area contributed by atoms with E-state index in [-0.39, 0.29) is 5.76 Å². The second-order valence-corrected chi connectivity index (χ2v) is 2.79. The number of rotatable bonds is 3. The number of methoxy groups -OCH3 is 1. The molecule has 76 valence electrons. The van der Waals surface area contributed by atoms with Crippen LogP contribution in [-0.4, -0.2) is 18.2 Å². The van der Waals surface area contributed by atoms with Gasteiger partial charge in [-0.25, -0.2) is 4.79 Å². The van der Waals surface area contributed by atoms with Crippen LogP contribution in [0.3, 0.4) is 0 Å². The van der Waals surface area contributed by atoms with Crippen molar-refractivity contribution < 1.29 is 19.1 Å². The summed E-state index contributed by atoms with van der Waals surface area (Å²) in [5, 5.41) is 9.36. The summed E-state index contributed by atoms with van der Waals surface area (Å²) in [6, 6.07) is 1.45. The molecule has 0 radical (unpaired) electrons. The number of carbonyl (C=O) groups excluding carboxylic acids is 1. The van der Waals surface area contributed by atoms with Crippen LogP contribution < -0.4 is 0 Å². The van der Waals surface area contributed by atoms with Gasteiger partial charge in [-0.1, -0.05) is 6.08 Å². The van der Waals surface area contributed by atoms with Crippen LogP contribution in [-0.2, 0) is 4.74 Å². The molecule has 1 aromatic rings. The number of esters is 1. The van der Waals surface area contributed by atoms with Gasteiger partial charge in [-0.2, -0.15) is 0 Å². The number of ether oxygens (including phenoxy) is 1.